The first-order chi connectivity index (χ1) is 7.55. The fourth-order valence-electron chi connectivity index (χ4n) is 1.06. The van der Waals surface area contributed by atoms with Gasteiger partial charge in [-0.15, -0.1) is 0 Å². The Bertz CT molecular complexity index is 360. The standard InChI is InChI=1S/C12H19ClN2O2/c1-11(2,3)16-9-7-8(13)14-10(15-9)17-12(4,5)6/h7H,1-6H3. The second-order valence-electron chi connectivity index (χ2n) is 5.74. The van der Waals surface area contributed by atoms with Gasteiger partial charge in [0.25, 0.3) is 0 Å². The van der Waals surface area contributed by atoms with Crippen LogP contribution in [0.25, 0.3) is 0 Å². The maximum atomic E-state index is 5.90. The number of hydrogen-bond acceptors (Lipinski definition) is 4. The van der Waals surface area contributed by atoms with Crippen LogP contribution in [0.15, 0.2) is 6.07 Å². The first-order valence-electron chi connectivity index (χ1n) is 5.48. The molecule has 1 aromatic heterocycles. The van der Waals surface area contributed by atoms with Crippen LogP contribution in [-0.2, 0) is 0 Å². The summed E-state index contributed by atoms with van der Waals surface area (Å²) in [5.74, 6) is 0.414. The molecule has 0 bridgehead atoms. The van der Waals surface area contributed by atoms with Gasteiger partial charge in [0, 0.05) is 6.07 Å². The number of hydrogen-bond donors (Lipinski definition) is 0. The van der Waals surface area contributed by atoms with E-state index in [0.29, 0.717) is 11.0 Å². The van der Waals surface area contributed by atoms with Crippen LogP contribution in [0.4, 0.5) is 0 Å². The lowest BCUT2D eigenvalue weighted by atomic mass is 10.2. The fourth-order valence-corrected chi connectivity index (χ4v) is 1.23. The summed E-state index contributed by atoms with van der Waals surface area (Å²) < 4.78 is 11.2. The van der Waals surface area contributed by atoms with E-state index in [4.69, 9.17) is 21.1 Å². The van der Waals surface area contributed by atoms with Crippen LogP contribution in [-0.4, -0.2) is 21.2 Å². The van der Waals surface area contributed by atoms with E-state index in [9.17, 15) is 0 Å². The molecule has 5 heteroatoms. The zero-order valence-corrected chi connectivity index (χ0v) is 11.9. The Hall–Kier alpha value is -1.03. The quantitative estimate of drug-likeness (QED) is 0.762. The van der Waals surface area contributed by atoms with E-state index in [1.165, 1.54) is 0 Å². The summed E-state index contributed by atoms with van der Waals surface area (Å²) in [5, 5.41) is 0.304. The number of halogens is 1. The highest BCUT2D eigenvalue weighted by molar-refractivity contribution is 6.29. The van der Waals surface area contributed by atoms with Gasteiger partial charge in [-0.05, 0) is 41.5 Å². The molecular weight excluding hydrogens is 240 g/mol. The van der Waals surface area contributed by atoms with Crippen molar-refractivity contribution in [3.05, 3.63) is 11.2 Å². The molecule has 0 N–H and O–H groups in total. The minimum Gasteiger partial charge on any atom is -0.472 e. The largest absolute Gasteiger partial charge is 0.472 e. The number of nitrogens with zero attached hydrogens (tertiary/aromatic N) is 2. The van der Waals surface area contributed by atoms with Crippen molar-refractivity contribution < 1.29 is 9.47 Å². The zero-order chi connectivity index (χ0) is 13.3. The molecule has 0 spiro atoms. The predicted molar refractivity (Wildman–Crippen MR) is 67.8 cm³/mol. The molecule has 0 aliphatic rings. The molecule has 17 heavy (non-hydrogen) atoms. The van der Waals surface area contributed by atoms with Crippen molar-refractivity contribution in [2.24, 2.45) is 0 Å². The minimum absolute atomic E-state index is 0.226. The molecule has 4 nitrogen and oxygen atoms in total. The normalized spacial score (nSPS) is 12.4. The van der Waals surface area contributed by atoms with Crippen molar-refractivity contribution in [2.75, 3.05) is 0 Å². The Morgan fingerprint density at radius 1 is 0.941 bits per heavy atom. The summed E-state index contributed by atoms with van der Waals surface area (Å²) in [7, 11) is 0. The van der Waals surface area contributed by atoms with E-state index in [2.05, 4.69) is 9.97 Å². The number of rotatable bonds is 2. The highest BCUT2D eigenvalue weighted by atomic mass is 35.5. The summed E-state index contributed by atoms with van der Waals surface area (Å²) >= 11 is 5.90. The molecule has 0 aliphatic carbocycles. The summed E-state index contributed by atoms with van der Waals surface area (Å²) in [6.45, 7) is 11.6. The molecule has 0 unspecified atom stereocenters. The molecule has 0 aliphatic heterocycles. The molecular formula is C12H19ClN2O2. The summed E-state index contributed by atoms with van der Waals surface area (Å²) in [6.07, 6.45) is 0. The van der Waals surface area contributed by atoms with Crippen LogP contribution in [0.1, 0.15) is 41.5 Å². The van der Waals surface area contributed by atoms with Crippen molar-refractivity contribution in [3.8, 4) is 11.9 Å². The van der Waals surface area contributed by atoms with Crippen LogP contribution in [0.3, 0.4) is 0 Å². The molecule has 0 saturated heterocycles. The lowest BCUT2D eigenvalue weighted by molar-refractivity contribution is 0.103. The molecule has 96 valence electrons. The monoisotopic (exact) mass is 258 g/mol. The average molecular weight is 259 g/mol. The van der Waals surface area contributed by atoms with Crippen LogP contribution in [0.2, 0.25) is 5.15 Å². The van der Waals surface area contributed by atoms with E-state index in [1.54, 1.807) is 6.07 Å². The van der Waals surface area contributed by atoms with Crippen molar-refractivity contribution in [1.82, 2.24) is 9.97 Å². The first-order valence-corrected chi connectivity index (χ1v) is 5.86. The summed E-state index contributed by atoms with van der Waals surface area (Å²) in [5.41, 5.74) is -0.708. The van der Waals surface area contributed by atoms with E-state index in [0.717, 1.165) is 0 Å². The Labute approximate surface area is 107 Å². The Morgan fingerprint density at radius 2 is 1.47 bits per heavy atom. The third-order valence-corrected chi connectivity index (χ3v) is 1.65. The first kappa shape index (κ1) is 14.0. The Kier molecular flexibility index (Phi) is 3.87. The van der Waals surface area contributed by atoms with Crippen molar-refractivity contribution in [1.29, 1.82) is 0 Å². The molecule has 1 rings (SSSR count). The van der Waals surface area contributed by atoms with E-state index in [-0.39, 0.29) is 17.2 Å². The number of aromatic nitrogens is 2. The van der Waals surface area contributed by atoms with Crippen molar-refractivity contribution in [2.45, 2.75) is 52.7 Å². The van der Waals surface area contributed by atoms with Gasteiger partial charge in [-0.1, -0.05) is 11.6 Å². The lowest BCUT2D eigenvalue weighted by Crippen LogP contribution is -2.26. The SMILES string of the molecule is CC(C)(C)Oc1cc(Cl)nc(OC(C)(C)C)n1. The van der Waals surface area contributed by atoms with Crippen LogP contribution < -0.4 is 9.47 Å². The van der Waals surface area contributed by atoms with Gasteiger partial charge in [0.2, 0.25) is 5.88 Å². The lowest BCUT2D eigenvalue weighted by Gasteiger charge is -2.22. The van der Waals surface area contributed by atoms with Crippen molar-refractivity contribution in [3.63, 3.8) is 0 Å². The van der Waals surface area contributed by atoms with Crippen LogP contribution >= 0.6 is 11.6 Å². The second kappa shape index (κ2) is 4.69. The van der Waals surface area contributed by atoms with Gasteiger partial charge in [0.1, 0.15) is 16.4 Å². The molecule has 0 saturated carbocycles. The van der Waals surface area contributed by atoms with Gasteiger partial charge in [0.15, 0.2) is 0 Å². The third-order valence-electron chi connectivity index (χ3n) is 1.46. The third kappa shape index (κ3) is 5.73. The zero-order valence-electron chi connectivity index (χ0n) is 11.2. The Balaban J connectivity index is 2.95. The summed E-state index contributed by atoms with van der Waals surface area (Å²) in [6, 6.07) is 1.80. The van der Waals surface area contributed by atoms with E-state index in [1.807, 2.05) is 41.5 Å². The molecule has 1 heterocycles. The predicted octanol–water partition coefficient (Wildman–Crippen LogP) is 3.48. The highest BCUT2D eigenvalue weighted by Gasteiger charge is 2.18. The minimum atomic E-state index is -0.371. The van der Waals surface area contributed by atoms with Gasteiger partial charge in [-0.2, -0.15) is 9.97 Å². The highest BCUT2D eigenvalue weighted by Crippen LogP contribution is 2.23. The van der Waals surface area contributed by atoms with Gasteiger partial charge in [-0.25, -0.2) is 0 Å². The molecule has 1 aromatic rings. The maximum Gasteiger partial charge on any atom is 0.321 e. The maximum absolute atomic E-state index is 5.90. The second-order valence-corrected chi connectivity index (χ2v) is 6.13. The molecule has 0 amide bonds. The average Bonchev–Trinajstić information content (AvgIpc) is 1.93. The van der Waals surface area contributed by atoms with Crippen LogP contribution in [0.5, 0.6) is 11.9 Å². The molecule has 0 atom stereocenters. The van der Waals surface area contributed by atoms with Crippen molar-refractivity contribution >= 4 is 11.6 Å². The molecule has 0 fully saturated rings. The molecule has 0 radical (unpaired) electrons. The summed E-state index contributed by atoms with van der Waals surface area (Å²) in [4.78, 5) is 8.17. The van der Waals surface area contributed by atoms with Gasteiger partial charge >= 0.3 is 6.01 Å². The van der Waals surface area contributed by atoms with E-state index >= 15 is 0 Å². The van der Waals surface area contributed by atoms with Gasteiger partial charge < -0.3 is 9.47 Å². The molecule has 0 aromatic carbocycles. The van der Waals surface area contributed by atoms with E-state index < -0.39 is 0 Å². The fraction of sp³-hybridized carbons (Fsp3) is 0.667. The number of ether oxygens (including phenoxy) is 2. The van der Waals surface area contributed by atoms with Gasteiger partial charge in [0.05, 0.1) is 0 Å². The smallest absolute Gasteiger partial charge is 0.321 e. The topological polar surface area (TPSA) is 44.2 Å². The van der Waals surface area contributed by atoms with Gasteiger partial charge in [-0.3, -0.25) is 0 Å². The van der Waals surface area contributed by atoms with Crippen LogP contribution in [0, 0.1) is 0 Å². The Morgan fingerprint density at radius 3 is 1.94 bits per heavy atom.